The van der Waals surface area contributed by atoms with E-state index in [4.69, 9.17) is 0 Å². The third-order valence-electron chi connectivity index (χ3n) is 4.61. The van der Waals surface area contributed by atoms with E-state index in [1.807, 2.05) is 12.4 Å². The highest BCUT2D eigenvalue weighted by Gasteiger charge is 2.26. The Labute approximate surface area is 162 Å². The number of nitrogens with zero attached hydrogens (tertiary/aromatic N) is 4. The van der Waals surface area contributed by atoms with Gasteiger partial charge in [0.25, 0.3) is 0 Å². The van der Waals surface area contributed by atoms with Crippen molar-refractivity contribution in [3.63, 3.8) is 0 Å². The number of rotatable bonds is 7. The van der Waals surface area contributed by atoms with E-state index >= 15 is 0 Å². The predicted octanol–water partition coefficient (Wildman–Crippen LogP) is 2.72. The fourth-order valence-electron chi connectivity index (χ4n) is 2.88. The minimum atomic E-state index is -0.368. The highest BCUT2D eigenvalue weighted by molar-refractivity contribution is 5.73. The van der Waals surface area contributed by atoms with Crippen LogP contribution >= 0.6 is 0 Å². The van der Waals surface area contributed by atoms with Gasteiger partial charge in [0.15, 0.2) is 0 Å². The van der Waals surface area contributed by atoms with Crippen LogP contribution < -0.4 is 10.6 Å². The molecular formula is C20H21FN6O. The molecule has 0 saturated heterocycles. The second kappa shape index (κ2) is 8.16. The van der Waals surface area contributed by atoms with Crippen molar-refractivity contribution in [2.75, 3.05) is 6.54 Å². The van der Waals surface area contributed by atoms with E-state index in [-0.39, 0.29) is 18.4 Å². The number of urea groups is 1. The molecule has 0 radical (unpaired) electrons. The van der Waals surface area contributed by atoms with Crippen molar-refractivity contribution in [2.45, 2.75) is 31.7 Å². The van der Waals surface area contributed by atoms with Gasteiger partial charge in [-0.15, -0.1) is 0 Å². The van der Waals surface area contributed by atoms with Crippen LogP contribution in [0.2, 0.25) is 0 Å². The van der Waals surface area contributed by atoms with Crippen molar-refractivity contribution in [1.29, 1.82) is 0 Å². The van der Waals surface area contributed by atoms with Crippen molar-refractivity contribution < 1.29 is 9.18 Å². The Kier molecular flexibility index (Phi) is 5.27. The maximum Gasteiger partial charge on any atom is 0.315 e. The summed E-state index contributed by atoms with van der Waals surface area (Å²) in [6, 6.07) is 4.55. The summed E-state index contributed by atoms with van der Waals surface area (Å²) in [4.78, 5) is 24.6. The molecule has 7 nitrogen and oxygen atoms in total. The summed E-state index contributed by atoms with van der Waals surface area (Å²) in [5, 5.41) is 5.52. The Bertz CT molecular complexity index is 938. The summed E-state index contributed by atoms with van der Waals surface area (Å²) in [6.45, 7) is 0.720. The monoisotopic (exact) mass is 380 g/mol. The molecule has 4 rings (SSSR count). The number of benzene rings is 1. The number of halogens is 1. The van der Waals surface area contributed by atoms with Crippen LogP contribution in [0.4, 0.5) is 9.18 Å². The quantitative estimate of drug-likeness (QED) is 0.660. The molecule has 28 heavy (non-hydrogen) atoms. The van der Waals surface area contributed by atoms with Gasteiger partial charge in [-0.2, -0.15) is 0 Å². The zero-order valence-electron chi connectivity index (χ0n) is 15.3. The molecule has 1 aliphatic rings. The van der Waals surface area contributed by atoms with Crippen molar-refractivity contribution in [2.24, 2.45) is 0 Å². The van der Waals surface area contributed by atoms with E-state index in [1.54, 1.807) is 29.1 Å². The number of aromatic nitrogens is 4. The zero-order chi connectivity index (χ0) is 19.3. The summed E-state index contributed by atoms with van der Waals surface area (Å²) in [5.74, 6) is 1.09. The second-order valence-electron chi connectivity index (χ2n) is 6.84. The van der Waals surface area contributed by atoms with E-state index < -0.39 is 0 Å². The van der Waals surface area contributed by atoms with E-state index in [0.29, 0.717) is 30.1 Å². The van der Waals surface area contributed by atoms with Crippen LogP contribution in [0.15, 0.2) is 49.3 Å². The topological polar surface area (TPSA) is 84.7 Å². The van der Waals surface area contributed by atoms with E-state index in [9.17, 15) is 9.18 Å². The maximum atomic E-state index is 14.2. The molecule has 8 heteroatoms. The first kappa shape index (κ1) is 18.1. The summed E-state index contributed by atoms with van der Waals surface area (Å²) in [6.07, 6.45) is 11.5. The molecule has 2 heterocycles. The molecule has 2 aromatic heterocycles. The van der Waals surface area contributed by atoms with E-state index in [0.717, 1.165) is 11.4 Å². The van der Waals surface area contributed by atoms with Gasteiger partial charge in [0.05, 0.1) is 12.0 Å². The maximum absolute atomic E-state index is 14.2. The van der Waals surface area contributed by atoms with Gasteiger partial charge in [-0.05, 0) is 42.5 Å². The van der Waals surface area contributed by atoms with Crippen LogP contribution in [0.1, 0.15) is 35.7 Å². The third-order valence-corrected chi connectivity index (χ3v) is 4.61. The third kappa shape index (κ3) is 4.51. The van der Waals surface area contributed by atoms with Crippen LogP contribution in [0.25, 0.3) is 5.69 Å². The average Bonchev–Trinajstić information content (AvgIpc) is 3.42. The number of nitrogens with one attached hydrogen (secondary N) is 2. The van der Waals surface area contributed by atoms with Gasteiger partial charge in [0.2, 0.25) is 0 Å². The number of carbonyl (C=O) groups is 1. The van der Waals surface area contributed by atoms with Gasteiger partial charge in [-0.3, -0.25) is 0 Å². The van der Waals surface area contributed by atoms with Gasteiger partial charge in [-0.25, -0.2) is 24.1 Å². The standard InChI is InChI=1S/C20H21FN6O/c21-17-9-14(1-4-18(17)27-8-7-22-13-27)10-26-20(28)23-6-5-15-11-24-19(25-12-15)16-2-3-16/h1,4,7-9,11-13,16H,2-3,5-6,10H2,(H2,23,26,28). The van der Waals surface area contributed by atoms with Crippen molar-refractivity contribution in [1.82, 2.24) is 30.2 Å². The van der Waals surface area contributed by atoms with Gasteiger partial charge in [-0.1, -0.05) is 6.07 Å². The number of hydrogen-bond donors (Lipinski definition) is 2. The molecule has 1 saturated carbocycles. The lowest BCUT2D eigenvalue weighted by molar-refractivity contribution is 0.240. The minimum Gasteiger partial charge on any atom is -0.338 e. The average molecular weight is 380 g/mol. The Morgan fingerprint density at radius 2 is 2.00 bits per heavy atom. The van der Waals surface area contributed by atoms with Gasteiger partial charge < -0.3 is 15.2 Å². The molecule has 2 N–H and O–H groups in total. The Morgan fingerprint density at radius 1 is 1.18 bits per heavy atom. The summed E-state index contributed by atoms with van der Waals surface area (Å²) < 4.78 is 15.8. The van der Waals surface area contributed by atoms with Gasteiger partial charge >= 0.3 is 6.03 Å². The van der Waals surface area contributed by atoms with Crippen LogP contribution in [0.3, 0.4) is 0 Å². The highest BCUT2D eigenvalue weighted by Crippen LogP contribution is 2.37. The predicted molar refractivity (Wildman–Crippen MR) is 101 cm³/mol. The molecule has 144 valence electrons. The molecule has 2 amide bonds. The fourth-order valence-corrected chi connectivity index (χ4v) is 2.88. The van der Waals surface area contributed by atoms with Gasteiger partial charge in [0.1, 0.15) is 11.6 Å². The first-order valence-electron chi connectivity index (χ1n) is 9.28. The molecule has 0 atom stereocenters. The van der Waals surface area contributed by atoms with Crippen molar-refractivity contribution in [3.8, 4) is 5.69 Å². The molecule has 0 bridgehead atoms. The second-order valence-corrected chi connectivity index (χ2v) is 6.84. The summed E-state index contributed by atoms with van der Waals surface area (Å²) >= 11 is 0. The Hall–Kier alpha value is -3.29. The molecule has 1 fully saturated rings. The lowest BCUT2D eigenvalue weighted by Crippen LogP contribution is -2.36. The van der Waals surface area contributed by atoms with Crippen LogP contribution in [-0.4, -0.2) is 32.1 Å². The SMILES string of the molecule is O=C(NCCc1cnc(C2CC2)nc1)NCc1ccc(-n2ccnc2)c(F)c1. The number of amides is 2. The summed E-state index contributed by atoms with van der Waals surface area (Å²) in [5.41, 5.74) is 2.09. The molecule has 1 aliphatic carbocycles. The van der Waals surface area contributed by atoms with Crippen LogP contribution in [-0.2, 0) is 13.0 Å². The highest BCUT2D eigenvalue weighted by atomic mass is 19.1. The lowest BCUT2D eigenvalue weighted by Gasteiger charge is -2.09. The molecule has 3 aromatic rings. The Balaban J connectivity index is 1.21. The molecular weight excluding hydrogens is 359 g/mol. The van der Waals surface area contributed by atoms with Gasteiger partial charge in [0, 0.05) is 43.8 Å². The molecule has 0 aliphatic heterocycles. The normalized spacial score (nSPS) is 13.3. The number of hydrogen-bond acceptors (Lipinski definition) is 4. The zero-order valence-corrected chi connectivity index (χ0v) is 15.3. The fraction of sp³-hybridized carbons (Fsp3) is 0.300. The number of carbonyl (C=O) groups excluding carboxylic acids is 1. The molecule has 1 aromatic carbocycles. The van der Waals surface area contributed by atoms with Crippen molar-refractivity contribution in [3.05, 3.63) is 72.1 Å². The smallest absolute Gasteiger partial charge is 0.315 e. The first-order valence-corrected chi connectivity index (χ1v) is 9.28. The minimum absolute atomic E-state index is 0.242. The van der Waals surface area contributed by atoms with Crippen molar-refractivity contribution >= 4 is 6.03 Å². The molecule has 0 unspecified atom stereocenters. The molecule has 0 spiro atoms. The summed E-state index contributed by atoms with van der Waals surface area (Å²) in [7, 11) is 0. The van der Waals surface area contributed by atoms with Crippen LogP contribution in [0.5, 0.6) is 0 Å². The lowest BCUT2D eigenvalue weighted by atomic mass is 10.2. The number of imidazole rings is 1. The van der Waals surface area contributed by atoms with E-state index in [2.05, 4.69) is 25.6 Å². The van der Waals surface area contributed by atoms with Crippen LogP contribution in [0, 0.1) is 5.82 Å². The largest absolute Gasteiger partial charge is 0.338 e. The van der Waals surface area contributed by atoms with E-state index in [1.165, 1.54) is 25.2 Å². The first-order chi connectivity index (χ1) is 13.7. The Morgan fingerprint density at radius 3 is 2.68 bits per heavy atom.